The van der Waals surface area contributed by atoms with E-state index in [0.29, 0.717) is 11.0 Å². The zero-order valence-corrected chi connectivity index (χ0v) is 11.1. The van der Waals surface area contributed by atoms with Crippen LogP contribution in [0.3, 0.4) is 0 Å². The predicted molar refractivity (Wildman–Crippen MR) is 63.3 cm³/mol. The van der Waals surface area contributed by atoms with Gasteiger partial charge in [-0.15, -0.1) is 0 Å². The van der Waals surface area contributed by atoms with Crippen molar-refractivity contribution in [1.29, 1.82) is 0 Å². The molecule has 0 bridgehead atoms. The van der Waals surface area contributed by atoms with Gasteiger partial charge in [-0.1, -0.05) is 0 Å². The Hall–Kier alpha value is -1.24. The van der Waals surface area contributed by atoms with E-state index in [2.05, 4.69) is 21.2 Å². The van der Waals surface area contributed by atoms with Crippen LogP contribution in [-0.2, 0) is 11.0 Å². The van der Waals surface area contributed by atoms with Crippen LogP contribution in [0.15, 0.2) is 22.7 Å². The van der Waals surface area contributed by atoms with E-state index in [1.54, 1.807) is 6.92 Å². The van der Waals surface area contributed by atoms with Gasteiger partial charge in [-0.2, -0.15) is 13.2 Å². The Morgan fingerprint density at radius 3 is 2.67 bits per heavy atom. The third-order valence-electron chi connectivity index (χ3n) is 1.99. The van der Waals surface area contributed by atoms with Gasteiger partial charge < -0.3 is 10.1 Å². The summed E-state index contributed by atoms with van der Waals surface area (Å²) in [6, 6.07) is 3.02. The lowest BCUT2D eigenvalue weighted by Gasteiger charge is -2.11. The molecule has 0 saturated carbocycles. The Morgan fingerprint density at radius 1 is 1.44 bits per heavy atom. The van der Waals surface area contributed by atoms with Crippen LogP contribution in [0.4, 0.5) is 13.2 Å². The van der Waals surface area contributed by atoms with Gasteiger partial charge in [0, 0.05) is 6.54 Å². The van der Waals surface area contributed by atoms with Crippen molar-refractivity contribution in [1.82, 2.24) is 5.32 Å². The number of benzene rings is 1. The second-order valence-corrected chi connectivity index (χ2v) is 4.24. The number of amides is 1. The first-order chi connectivity index (χ1) is 8.34. The fraction of sp³-hybridized carbons (Fsp3) is 0.364. The summed E-state index contributed by atoms with van der Waals surface area (Å²) in [4.78, 5) is 11.1. The maximum atomic E-state index is 12.5. The Kier molecular flexibility index (Phi) is 5.01. The predicted octanol–water partition coefficient (Wildman–Crippen LogP) is 2.98. The molecule has 1 aromatic rings. The average Bonchev–Trinajstić information content (AvgIpc) is 2.26. The van der Waals surface area contributed by atoms with E-state index in [9.17, 15) is 18.0 Å². The van der Waals surface area contributed by atoms with Crippen LogP contribution in [0.5, 0.6) is 5.75 Å². The quantitative estimate of drug-likeness (QED) is 0.924. The molecule has 1 aromatic carbocycles. The fourth-order valence-corrected chi connectivity index (χ4v) is 1.54. The topological polar surface area (TPSA) is 38.3 Å². The lowest BCUT2D eigenvalue weighted by Crippen LogP contribution is -2.28. The highest BCUT2D eigenvalue weighted by atomic mass is 79.9. The summed E-state index contributed by atoms with van der Waals surface area (Å²) >= 11 is 3.06. The Labute approximate surface area is 110 Å². The van der Waals surface area contributed by atoms with Crippen LogP contribution in [0.25, 0.3) is 0 Å². The van der Waals surface area contributed by atoms with Gasteiger partial charge >= 0.3 is 6.18 Å². The highest BCUT2D eigenvalue weighted by molar-refractivity contribution is 9.10. The summed E-state index contributed by atoms with van der Waals surface area (Å²) in [7, 11) is 0. The van der Waals surface area contributed by atoms with Crippen molar-refractivity contribution in [3.63, 3.8) is 0 Å². The molecule has 0 aliphatic rings. The van der Waals surface area contributed by atoms with Crippen LogP contribution in [0.2, 0.25) is 0 Å². The number of hydrogen-bond acceptors (Lipinski definition) is 2. The first kappa shape index (κ1) is 14.8. The molecular formula is C11H11BrF3NO2. The monoisotopic (exact) mass is 325 g/mol. The molecular weight excluding hydrogens is 315 g/mol. The molecule has 0 radical (unpaired) electrons. The van der Waals surface area contributed by atoms with Crippen molar-refractivity contribution in [2.75, 3.05) is 13.2 Å². The summed E-state index contributed by atoms with van der Waals surface area (Å²) < 4.78 is 42.8. The van der Waals surface area contributed by atoms with Crippen LogP contribution in [0.1, 0.15) is 12.5 Å². The van der Waals surface area contributed by atoms with Crippen molar-refractivity contribution >= 4 is 21.8 Å². The molecule has 3 nitrogen and oxygen atoms in total. The van der Waals surface area contributed by atoms with Gasteiger partial charge in [0.05, 0.1) is 10.0 Å². The Balaban J connectivity index is 2.79. The molecule has 1 amide bonds. The van der Waals surface area contributed by atoms with Crippen LogP contribution in [-0.4, -0.2) is 19.1 Å². The number of likely N-dealkylation sites (N-methyl/N-ethyl adjacent to an activating group) is 1. The number of carbonyl (C=O) groups is 1. The van der Waals surface area contributed by atoms with E-state index in [1.165, 1.54) is 6.07 Å². The van der Waals surface area contributed by atoms with Crippen molar-refractivity contribution in [2.24, 2.45) is 0 Å². The molecule has 0 spiro atoms. The van der Waals surface area contributed by atoms with E-state index in [4.69, 9.17) is 4.74 Å². The van der Waals surface area contributed by atoms with Crippen molar-refractivity contribution in [2.45, 2.75) is 13.1 Å². The van der Waals surface area contributed by atoms with Gasteiger partial charge in [-0.3, -0.25) is 4.79 Å². The second-order valence-electron chi connectivity index (χ2n) is 3.39. The second kappa shape index (κ2) is 6.08. The molecule has 0 saturated heterocycles. The largest absolute Gasteiger partial charge is 0.483 e. The van der Waals surface area contributed by atoms with Gasteiger partial charge in [0.25, 0.3) is 5.91 Å². The zero-order valence-electron chi connectivity index (χ0n) is 9.47. The third kappa shape index (κ3) is 4.21. The van der Waals surface area contributed by atoms with E-state index < -0.39 is 11.7 Å². The minimum absolute atomic E-state index is 0.0175. The third-order valence-corrected chi connectivity index (χ3v) is 2.65. The molecule has 0 fully saturated rings. The lowest BCUT2D eigenvalue weighted by atomic mass is 10.2. The SMILES string of the molecule is CCNC(=O)COc1cc(C(F)(F)F)ccc1Br. The maximum Gasteiger partial charge on any atom is 0.416 e. The van der Waals surface area contributed by atoms with E-state index in [1.807, 2.05) is 0 Å². The van der Waals surface area contributed by atoms with Crippen molar-refractivity contribution < 1.29 is 22.7 Å². The van der Waals surface area contributed by atoms with Gasteiger partial charge in [-0.25, -0.2) is 0 Å². The molecule has 0 aliphatic carbocycles. The van der Waals surface area contributed by atoms with Gasteiger partial charge in [0.15, 0.2) is 6.61 Å². The molecule has 0 atom stereocenters. The molecule has 7 heteroatoms. The summed E-state index contributed by atoms with van der Waals surface area (Å²) in [6.45, 7) is 1.85. The Morgan fingerprint density at radius 2 is 2.11 bits per heavy atom. The van der Waals surface area contributed by atoms with Crippen LogP contribution >= 0.6 is 15.9 Å². The maximum absolute atomic E-state index is 12.5. The number of rotatable bonds is 4. The summed E-state index contributed by atoms with van der Waals surface area (Å²) in [5.41, 5.74) is -0.823. The summed E-state index contributed by atoms with van der Waals surface area (Å²) in [5, 5.41) is 2.48. The number of ether oxygens (including phenoxy) is 1. The van der Waals surface area contributed by atoms with E-state index >= 15 is 0 Å². The first-order valence-electron chi connectivity index (χ1n) is 5.11. The summed E-state index contributed by atoms with van der Waals surface area (Å²) in [5.74, 6) is -0.405. The number of halogens is 4. The van der Waals surface area contributed by atoms with Crippen molar-refractivity contribution in [3.8, 4) is 5.75 Å². The smallest absolute Gasteiger partial charge is 0.416 e. The molecule has 1 rings (SSSR count). The highest BCUT2D eigenvalue weighted by Gasteiger charge is 2.31. The van der Waals surface area contributed by atoms with Crippen molar-refractivity contribution in [3.05, 3.63) is 28.2 Å². The fourth-order valence-electron chi connectivity index (χ4n) is 1.18. The van der Waals surface area contributed by atoms with E-state index in [0.717, 1.165) is 12.1 Å². The minimum Gasteiger partial charge on any atom is -0.483 e. The molecule has 0 unspecified atom stereocenters. The number of nitrogens with one attached hydrogen (secondary N) is 1. The molecule has 0 aliphatic heterocycles. The van der Waals surface area contributed by atoms with Gasteiger partial charge in [-0.05, 0) is 41.1 Å². The Bertz CT molecular complexity index is 435. The standard InChI is InChI=1S/C11H11BrF3NO2/c1-2-16-10(17)6-18-9-5-7(11(13,14)15)3-4-8(9)12/h3-5H,2,6H2,1H3,(H,16,17). The van der Waals surface area contributed by atoms with Crippen LogP contribution < -0.4 is 10.1 Å². The van der Waals surface area contributed by atoms with Crippen LogP contribution in [0, 0.1) is 0 Å². The number of alkyl halides is 3. The highest BCUT2D eigenvalue weighted by Crippen LogP contribution is 2.34. The molecule has 18 heavy (non-hydrogen) atoms. The lowest BCUT2D eigenvalue weighted by molar-refractivity contribution is -0.137. The minimum atomic E-state index is -4.44. The van der Waals surface area contributed by atoms with Gasteiger partial charge in [0.1, 0.15) is 5.75 Å². The van der Waals surface area contributed by atoms with E-state index in [-0.39, 0.29) is 18.3 Å². The summed E-state index contributed by atoms with van der Waals surface area (Å²) in [6.07, 6.45) is -4.44. The number of hydrogen-bond donors (Lipinski definition) is 1. The molecule has 0 heterocycles. The average molecular weight is 326 g/mol. The zero-order chi connectivity index (χ0) is 13.8. The molecule has 0 aromatic heterocycles. The molecule has 100 valence electrons. The first-order valence-corrected chi connectivity index (χ1v) is 5.90. The molecule has 1 N–H and O–H groups in total. The number of carbonyl (C=O) groups excluding carboxylic acids is 1. The normalized spacial score (nSPS) is 11.2. The van der Waals surface area contributed by atoms with Gasteiger partial charge in [0.2, 0.25) is 0 Å².